The van der Waals surface area contributed by atoms with Crippen LogP contribution in [-0.4, -0.2) is 18.2 Å². The summed E-state index contributed by atoms with van der Waals surface area (Å²) in [6.45, 7) is 1.68. The van der Waals surface area contributed by atoms with Crippen molar-refractivity contribution in [1.29, 1.82) is 0 Å². The molecule has 2 N–H and O–H groups in total. The standard InChI is InChI=1S/C11H16N2O/c12-11(9-4-7-14-8-5-9)10-3-1-2-6-13-10/h1-3,6,9,11H,4-5,7-8,12H2/t11-/m1/s1. The first-order valence-corrected chi connectivity index (χ1v) is 5.12. The Kier molecular flexibility index (Phi) is 3.11. The second-order valence-electron chi connectivity index (χ2n) is 3.73. The molecule has 0 aromatic carbocycles. The van der Waals surface area contributed by atoms with E-state index in [0.717, 1.165) is 31.7 Å². The van der Waals surface area contributed by atoms with Gasteiger partial charge in [-0.15, -0.1) is 0 Å². The quantitative estimate of drug-likeness (QED) is 0.772. The Bertz CT molecular complexity index is 270. The average Bonchev–Trinajstić information content (AvgIpc) is 2.30. The topological polar surface area (TPSA) is 48.1 Å². The van der Waals surface area contributed by atoms with Crippen LogP contribution in [0.4, 0.5) is 0 Å². The summed E-state index contributed by atoms with van der Waals surface area (Å²) < 4.78 is 5.31. The summed E-state index contributed by atoms with van der Waals surface area (Å²) in [5.74, 6) is 0.527. The van der Waals surface area contributed by atoms with Gasteiger partial charge in [0.2, 0.25) is 0 Å². The summed E-state index contributed by atoms with van der Waals surface area (Å²) in [4.78, 5) is 4.29. The molecule has 0 amide bonds. The Morgan fingerprint density at radius 1 is 1.36 bits per heavy atom. The van der Waals surface area contributed by atoms with E-state index in [2.05, 4.69) is 4.98 Å². The van der Waals surface area contributed by atoms with Crippen molar-refractivity contribution >= 4 is 0 Å². The van der Waals surface area contributed by atoms with E-state index in [0.29, 0.717) is 5.92 Å². The summed E-state index contributed by atoms with van der Waals surface area (Å²) in [6, 6.07) is 5.97. The molecule has 1 aromatic rings. The third-order valence-corrected chi connectivity index (χ3v) is 2.80. The minimum absolute atomic E-state index is 0.0695. The molecule has 0 unspecified atom stereocenters. The van der Waals surface area contributed by atoms with Crippen LogP contribution < -0.4 is 5.73 Å². The number of ether oxygens (including phenoxy) is 1. The largest absolute Gasteiger partial charge is 0.381 e. The number of nitrogens with zero attached hydrogens (tertiary/aromatic N) is 1. The number of hydrogen-bond acceptors (Lipinski definition) is 3. The fourth-order valence-electron chi connectivity index (χ4n) is 1.89. The van der Waals surface area contributed by atoms with E-state index < -0.39 is 0 Å². The highest BCUT2D eigenvalue weighted by Gasteiger charge is 2.22. The maximum Gasteiger partial charge on any atom is 0.0573 e. The SMILES string of the molecule is N[C@@H](c1ccccn1)C1CCOCC1. The lowest BCUT2D eigenvalue weighted by molar-refractivity contribution is 0.0579. The van der Waals surface area contributed by atoms with Gasteiger partial charge in [-0.1, -0.05) is 6.07 Å². The summed E-state index contributed by atoms with van der Waals surface area (Å²) in [5.41, 5.74) is 7.15. The average molecular weight is 192 g/mol. The molecule has 0 aliphatic carbocycles. The second-order valence-corrected chi connectivity index (χ2v) is 3.73. The molecule has 0 saturated carbocycles. The van der Waals surface area contributed by atoms with Crippen molar-refractivity contribution in [1.82, 2.24) is 4.98 Å². The fourth-order valence-corrected chi connectivity index (χ4v) is 1.89. The van der Waals surface area contributed by atoms with E-state index in [1.165, 1.54) is 0 Å². The molecule has 2 heterocycles. The highest BCUT2D eigenvalue weighted by atomic mass is 16.5. The summed E-state index contributed by atoms with van der Waals surface area (Å²) in [6.07, 6.45) is 3.91. The van der Waals surface area contributed by atoms with Crippen molar-refractivity contribution in [3.63, 3.8) is 0 Å². The lowest BCUT2D eigenvalue weighted by Gasteiger charge is -2.27. The third kappa shape index (κ3) is 2.11. The number of nitrogens with two attached hydrogens (primary N) is 1. The molecule has 1 aliphatic heterocycles. The van der Waals surface area contributed by atoms with Gasteiger partial charge in [0.15, 0.2) is 0 Å². The van der Waals surface area contributed by atoms with Crippen molar-refractivity contribution in [2.75, 3.05) is 13.2 Å². The molecular formula is C11H16N2O. The van der Waals surface area contributed by atoms with Crippen molar-refractivity contribution in [3.8, 4) is 0 Å². The molecule has 0 radical (unpaired) electrons. The van der Waals surface area contributed by atoms with E-state index in [-0.39, 0.29) is 6.04 Å². The Morgan fingerprint density at radius 2 is 2.14 bits per heavy atom. The molecule has 1 fully saturated rings. The van der Waals surface area contributed by atoms with E-state index in [9.17, 15) is 0 Å². The van der Waals surface area contributed by atoms with Crippen LogP contribution in [-0.2, 0) is 4.74 Å². The van der Waals surface area contributed by atoms with E-state index >= 15 is 0 Å². The van der Waals surface area contributed by atoms with Crippen LogP contribution >= 0.6 is 0 Å². The predicted molar refractivity (Wildman–Crippen MR) is 54.7 cm³/mol. The zero-order chi connectivity index (χ0) is 9.80. The highest BCUT2D eigenvalue weighted by molar-refractivity contribution is 5.09. The maximum atomic E-state index is 6.15. The van der Waals surface area contributed by atoms with Crippen molar-refractivity contribution in [3.05, 3.63) is 30.1 Å². The van der Waals surface area contributed by atoms with Crippen LogP contribution in [0, 0.1) is 5.92 Å². The molecule has 3 heteroatoms. The minimum Gasteiger partial charge on any atom is -0.381 e. The summed E-state index contributed by atoms with van der Waals surface area (Å²) >= 11 is 0. The van der Waals surface area contributed by atoms with Gasteiger partial charge in [0.1, 0.15) is 0 Å². The number of hydrogen-bond donors (Lipinski definition) is 1. The Labute approximate surface area is 84.3 Å². The van der Waals surface area contributed by atoms with E-state index in [1.54, 1.807) is 6.20 Å². The Balaban J connectivity index is 2.03. The molecule has 76 valence electrons. The fraction of sp³-hybridized carbons (Fsp3) is 0.545. The molecule has 1 aromatic heterocycles. The Morgan fingerprint density at radius 3 is 2.79 bits per heavy atom. The van der Waals surface area contributed by atoms with Gasteiger partial charge in [0.05, 0.1) is 5.69 Å². The van der Waals surface area contributed by atoms with Crippen LogP contribution in [0.2, 0.25) is 0 Å². The number of aromatic nitrogens is 1. The Hall–Kier alpha value is -0.930. The molecule has 1 aliphatic rings. The number of rotatable bonds is 2. The molecule has 1 saturated heterocycles. The minimum atomic E-state index is 0.0695. The lowest BCUT2D eigenvalue weighted by Crippen LogP contribution is -2.27. The molecule has 3 nitrogen and oxygen atoms in total. The smallest absolute Gasteiger partial charge is 0.0573 e. The zero-order valence-electron chi connectivity index (χ0n) is 8.23. The van der Waals surface area contributed by atoms with Gasteiger partial charge in [-0.2, -0.15) is 0 Å². The first kappa shape index (κ1) is 9.62. The van der Waals surface area contributed by atoms with Crippen molar-refractivity contribution < 1.29 is 4.74 Å². The molecule has 0 spiro atoms. The monoisotopic (exact) mass is 192 g/mol. The number of pyridine rings is 1. The van der Waals surface area contributed by atoms with Crippen LogP contribution in [0.1, 0.15) is 24.6 Å². The molecule has 1 atom stereocenters. The molecule has 0 bridgehead atoms. The van der Waals surface area contributed by atoms with Gasteiger partial charge < -0.3 is 10.5 Å². The van der Waals surface area contributed by atoms with Gasteiger partial charge in [-0.25, -0.2) is 0 Å². The van der Waals surface area contributed by atoms with Gasteiger partial charge in [0, 0.05) is 25.5 Å². The predicted octanol–water partition coefficient (Wildman–Crippen LogP) is 1.51. The van der Waals surface area contributed by atoms with Crippen LogP contribution in [0.15, 0.2) is 24.4 Å². The van der Waals surface area contributed by atoms with Gasteiger partial charge in [0.25, 0.3) is 0 Å². The van der Waals surface area contributed by atoms with Gasteiger partial charge >= 0.3 is 0 Å². The third-order valence-electron chi connectivity index (χ3n) is 2.80. The summed E-state index contributed by atoms with van der Waals surface area (Å²) in [7, 11) is 0. The summed E-state index contributed by atoms with van der Waals surface area (Å²) in [5, 5.41) is 0. The van der Waals surface area contributed by atoms with Gasteiger partial charge in [-0.05, 0) is 30.9 Å². The van der Waals surface area contributed by atoms with Crippen molar-refractivity contribution in [2.45, 2.75) is 18.9 Å². The second kappa shape index (κ2) is 4.53. The van der Waals surface area contributed by atoms with Crippen LogP contribution in [0.25, 0.3) is 0 Å². The van der Waals surface area contributed by atoms with Crippen molar-refractivity contribution in [2.24, 2.45) is 11.7 Å². The van der Waals surface area contributed by atoms with E-state index in [4.69, 9.17) is 10.5 Å². The lowest BCUT2D eigenvalue weighted by atomic mass is 9.90. The van der Waals surface area contributed by atoms with Crippen LogP contribution in [0.3, 0.4) is 0 Å². The van der Waals surface area contributed by atoms with Gasteiger partial charge in [-0.3, -0.25) is 4.98 Å². The normalized spacial score (nSPS) is 20.6. The highest BCUT2D eigenvalue weighted by Crippen LogP contribution is 2.26. The molecule has 2 rings (SSSR count). The zero-order valence-corrected chi connectivity index (χ0v) is 8.23. The maximum absolute atomic E-state index is 6.15. The first-order chi connectivity index (χ1) is 6.88. The molecular weight excluding hydrogens is 176 g/mol. The van der Waals surface area contributed by atoms with E-state index in [1.807, 2.05) is 18.2 Å². The molecule has 14 heavy (non-hydrogen) atoms. The van der Waals surface area contributed by atoms with Crippen LogP contribution in [0.5, 0.6) is 0 Å². The first-order valence-electron chi connectivity index (χ1n) is 5.12.